The lowest BCUT2D eigenvalue weighted by atomic mass is 9.94. The molecule has 1 atom stereocenters. The Morgan fingerprint density at radius 2 is 1.86 bits per heavy atom. The molecule has 0 saturated heterocycles. The number of rotatable bonds is 3. The summed E-state index contributed by atoms with van der Waals surface area (Å²) in [5, 5.41) is 2.04. The van der Waals surface area contributed by atoms with Crippen LogP contribution in [0.5, 0.6) is 0 Å². The standard InChI is InChI=1S/C17H15NO4/c19-15-7-3-6-12(8-15)17(21)22-16(20)11-18-9-13-4-1-2-5-14(13)10-18/h1-5,7,9-10,12H,6,8,11H2. The monoisotopic (exact) mass is 297 g/mol. The molecule has 0 saturated carbocycles. The maximum absolute atomic E-state index is 11.9. The van der Waals surface area contributed by atoms with E-state index in [9.17, 15) is 14.4 Å². The van der Waals surface area contributed by atoms with Crippen LogP contribution in [0.4, 0.5) is 0 Å². The van der Waals surface area contributed by atoms with E-state index in [1.54, 1.807) is 10.6 Å². The molecule has 1 aromatic heterocycles. The molecule has 1 heterocycles. The van der Waals surface area contributed by atoms with Crippen LogP contribution in [0.3, 0.4) is 0 Å². The summed E-state index contributed by atoms with van der Waals surface area (Å²) in [6.45, 7) is -0.0308. The molecular formula is C17H15NO4. The molecule has 1 aliphatic rings. The summed E-state index contributed by atoms with van der Waals surface area (Å²) < 4.78 is 6.54. The summed E-state index contributed by atoms with van der Waals surface area (Å²) in [4.78, 5) is 35.0. The first-order valence-corrected chi connectivity index (χ1v) is 7.10. The van der Waals surface area contributed by atoms with Gasteiger partial charge in [0, 0.05) is 18.8 Å². The van der Waals surface area contributed by atoms with Gasteiger partial charge in [-0.3, -0.25) is 9.59 Å². The number of carbonyl (C=O) groups excluding carboxylic acids is 3. The van der Waals surface area contributed by atoms with Crippen molar-refractivity contribution in [2.45, 2.75) is 19.4 Å². The number of ether oxygens (including phenoxy) is 1. The molecule has 112 valence electrons. The van der Waals surface area contributed by atoms with Crippen LogP contribution in [0.1, 0.15) is 12.8 Å². The fraction of sp³-hybridized carbons (Fsp3) is 0.235. The van der Waals surface area contributed by atoms with Crippen LogP contribution in [0.25, 0.3) is 10.8 Å². The summed E-state index contributed by atoms with van der Waals surface area (Å²) in [7, 11) is 0. The first kappa shape index (κ1) is 14.3. The average molecular weight is 297 g/mol. The van der Waals surface area contributed by atoms with Crippen LogP contribution < -0.4 is 0 Å². The average Bonchev–Trinajstić information content (AvgIpc) is 2.89. The Balaban J connectivity index is 1.61. The Hall–Kier alpha value is -2.69. The van der Waals surface area contributed by atoms with Crippen LogP contribution in [0.15, 0.2) is 48.8 Å². The normalized spacial score (nSPS) is 17.6. The van der Waals surface area contributed by atoms with Gasteiger partial charge in [0.2, 0.25) is 0 Å². The maximum atomic E-state index is 11.9. The Kier molecular flexibility index (Phi) is 3.87. The third-order valence-corrected chi connectivity index (χ3v) is 3.64. The zero-order valence-electron chi connectivity index (χ0n) is 11.9. The van der Waals surface area contributed by atoms with Crippen molar-refractivity contribution in [2.75, 3.05) is 0 Å². The van der Waals surface area contributed by atoms with Gasteiger partial charge in [-0.2, -0.15) is 0 Å². The summed E-state index contributed by atoms with van der Waals surface area (Å²) in [6.07, 6.45) is 7.29. The highest BCUT2D eigenvalue weighted by atomic mass is 16.6. The predicted molar refractivity (Wildman–Crippen MR) is 79.9 cm³/mol. The van der Waals surface area contributed by atoms with Gasteiger partial charge in [-0.15, -0.1) is 0 Å². The van der Waals surface area contributed by atoms with E-state index in [4.69, 9.17) is 4.74 Å². The second-order valence-corrected chi connectivity index (χ2v) is 5.36. The zero-order chi connectivity index (χ0) is 15.5. The van der Waals surface area contributed by atoms with Crippen molar-refractivity contribution in [1.29, 1.82) is 0 Å². The molecule has 0 fully saturated rings. The van der Waals surface area contributed by atoms with Gasteiger partial charge in [0.1, 0.15) is 6.54 Å². The lowest BCUT2D eigenvalue weighted by Gasteiger charge is -2.14. The number of benzene rings is 1. The lowest BCUT2D eigenvalue weighted by Crippen LogP contribution is -2.26. The Morgan fingerprint density at radius 1 is 1.18 bits per heavy atom. The Labute approximate surface area is 127 Å². The van der Waals surface area contributed by atoms with Crippen LogP contribution in [0, 0.1) is 5.92 Å². The third kappa shape index (κ3) is 3.14. The minimum Gasteiger partial charge on any atom is -0.392 e. The van der Waals surface area contributed by atoms with E-state index < -0.39 is 17.9 Å². The smallest absolute Gasteiger partial charge is 0.333 e. The lowest BCUT2D eigenvalue weighted by molar-refractivity contribution is -0.163. The first-order chi connectivity index (χ1) is 10.6. The molecule has 1 aliphatic carbocycles. The quantitative estimate of drug-likeness (QED) is 0.644. The van der Waals surface area contributed by atoms with Gasteiger partial charge < -0.3 is 9.30 Å². The van der Waals surface area contributed by atoms with Gasteiger partial charge in [0.05, 0.1) is 5.92 Å². The summed E-state index contributed by atoms with van der Waals surface area (Å²) in [5.41, 5.74) is 0. The first-order valence-electron chi connectivity index (χ1n) is 7.10. The van der Waals surface area contributed by atoms with E-state index in [0.29, 0.717) is 6.42 Å². The van der Waals surface area contributed by atoms with Crippen LogP contribution in [-0.2, 0) is 25.7 Å². The van der Waals surface area contributed by atoms with E-state index in [1.165, 1.54) is 6.08 Å². The zero-order valence-corrected chi connectivity index (χ0v) is 11.9. The number of ketones is 1. The molecule has 0 N–H and O–H groups in total. The predicted octanol–water partition coefficient (Wildman–Crippen LogP) is 2.25. The van der Waals surface area contributed by atoms with Gasteiger partial charge in [-0.05, 0) is 23.3 Å². The molecule has 5 heteroatoms. The summed E-state index contributed by atoms with van der Waals surface area (Å²) in [5.74, 6) is -1.91. The highest BCUT2D eigenvalue weighted by molar-refractivity contribution is 5.96. The topological polar surface area (TPSA) is 65.4 Å². The fourth-order valence-corrected chi connectivity index (χ4v) is 2.55. The molecule has 22 heavy (non-hydrogen) atoms. The van der Waals surface area contributed by atoms with Gasteiger partial charge in [0.15, 0.2) is 5.78 Å². The number of fused-ring (bicyclic) bond motifs is 1. The number of esters is 2. The number of hydrogen-bond donors (Lipinski definition) is 0. The van der Waals surface area contributed by atoms with Gasteiger partial charge >= 0.3 is 11.9 Å². The highest BCUT2D eigenvalue weighted by Gasteiger charge is 2.26. The van der Waals surface area contributed by atoms with Gasteiger partial charge in [-0.25, -0.2) is 4.79 Å². The van der Waals surface area contributed by atoms with E-state index in [-0.39, 0.29) is 18.7 Å². The molecule has 0 aliphatic heterocycles. The van der Waals surface area contributed by atoms with Gasteiger partial charge in [-0.1, -0.05) is 30.3 Å². The third-order valence-electron chi connectivity index (χ3n) is 3.64. The number of aromatic nitrogens is 1. The van der Waals surface area contributed by atoms with Crippen molar-refractivity contribution in [3.05, 3.63) is 48.8 Å². The second-order valence-electron chi connectivity index (χ2n) is 5.36. The van der Waals surface area contributed by atoms with Crippen LogP contribution in [-0.4, -0.2) is 22.3 Å². The second kappa shape index (κ2) is 5.97. The number of hydrogen-bond acceptors (Lipinski definition) is 4. The van der Waals surface area contributed by atoms with Crippen molar-refractivity contribution in [3.8, 4) is 0 Å². The largest absolute Gasteiger partial charge is 0.392 e. The molecule has 0 amide bonds. The minimum atomic E-state index is -0.626. The SMILES string of the molecule is O=C1C=CCC(C(=O)OC(=O)Cn2cc3ccccc3c2)C1. The molecule has 1 unspecified atom stereocenters. The van der Waals surface area contributed by atoms with Gasteiger partial charge in [0.25, 0.3) is 0 Å². The summed E-state index contributed by atoms with van der Waals surface area (Å²) in [6, 6.07) is 7.73. The molecule has 0 radical (unpaired) electrons. The molecule has 5 nitrogen and oxygen atoms in total. The van der Waals surface area contributed by atoms with E-state index in [1.807, 2.05) is 36.7 Å². The Bertz CT molecular complexity index is 739. The van der Waals surface area contributed by atoms with E-state index >= 15 is 0 Å². The summed E-state index contributed by atoms with van der Waals surface area (Å²) >= 11 is 0. The van der Waals surface area contributed by atoms with Crippen molar-refractivity contribution in [2.24, 2.45) is 5.92 Å². The molecular weight excluding hydrogens is 282 g/mol. The minimum absolute atomic E-state index is 0.0308. The van der Waals surface area contributed by atoms with E-state index in [2.05, 4.69) is 0 Å². The molecule has 0 spiro atoms. The Morgan fingerprint density at radius 3 is 2.50 bits per heavy atom. The highest BCUT2D eigenvalue weighted by Crippen LogP contribution is 2.18. The number of nitrogens with zero attached hydrogens (tertiary/aromatic N) is 1. The molecule has 2 aromatic rings. The number of carbonyl (C=O) groups is 3. The van der Waals surface area contributed by atoms with Crippen molar-refractivity contribution in [1.82, 2.24) is 4.57 Å². The van der Waals surface area contributed by atoms with E-state index in [0.717, 1.165) is 10.8 Å². The van der Waals surface area contributed by atoms with Crippen molar-refractivity contribution in [3.63, 3.8) is 0 Å². The molecule has 3 rings (SSSR count). The fourth-order valence-electron chi connectivity index (χ4n) is 2.55. The number of allylic oxidation sites excluding steroid dienone is 2. The van der Waals surface area contributed by atoms with Crippen molar-refractivity contribution < 1.29 is 19.1 Å². The molecule has 0 bridgehead atoms. The van der Waals surface area contributed by atoms with Crippen LogP contribution >= 0.6 is 0 Å². The van der Waals surface area contributed by atoms with Crippen molar-refractivity contribution >= 4 is 28.5 Å². The molecule has 1 aromatic carbocycles. The van der Waals surface area contributed by atoms with Crippen LogP contribution in [0.2, 0.25) is 0 Å². The maximum Gasteiger partial charge on any atom is 0.333 e.